The number of alkyl halides is 3. The van der Waals surface area contributed by atoms with E-state index in [1.807, 2.05) is 19.1 Å². The average Bonchev–Trinajstić information content (AvgIpc) is 2.92. The van der Waals surface area contributed by atoms with Gasteiger partial charge in [-0.05, 0) is 75.6 Å². The Morgan fingerprint density at radius 3 is 2.16 bits per heavy atom. The van der Waals surface area contributed by atoms with Crippen molar-refractivity contribution in [3.63, 3.8) is 0 Å². The Kier molecular flexibility index (Phi) is 10.9. The molecule has 3 rings (SSSR count). The molecule has 0 radical (unpaired) electrons. The molecule has 0 aliphatic carbocycles. The molecule has 0 spiro atoms. The summed E-state index contributed by atoms with van der Waals surface area (Å²) in [6, 6.07) is 14.4. The fourth-order valence-electron chi connectivity index (χ4n) is 4.52. The highest BCUT2D eigenvalue weighted by atomic mass is 35.5. The van der Waals surface area contributed by atoms with Crippen LogP contribution in [0.5, 0.6) is 0 Å². The minimum Gasteiger partial charge on any atom is -0.352 e. The lowest BCUT2D eigenvalue weighted by molar-refractivity contribution is -0.140. The lowest BCUT2D eigenvalue weighted by atomic mass is 10.1. The molecule has 3 aromatic rings. The summed E-state index contributed by atoms with van der Waals surface area (Å²) in [6.45, 7) is 7.96. The minimum absolute atomic E-state index is 0.0254. The molecular weight excluding hydrogens is 603 g/mol. The molecule has 0 aromatic heterocycles. The predicted octanol–water partition coefficient (Wildman–Crippen LogP) is 6.50. The number of hydrogen-bond donors (Lipinski definition) is 1. The van der Waals surface area contributed by atoms with E-state index in [2.05, 4.69) is 5.32 Å². The van der Waals surface area contributed by atoms with E-state index in [0.29, 0.717) is 10.4 Å². The summed E-state index contributed by atoms with van der Waals surface area (Å²) in [4.78, 5) is 28.4. The zero-order valence-electron chi connectivity index (χ0n) is 24.6. The first-order valence-electron chi connectivity index (χ1n) is 13.7. The van der Waals surface area contributed by atoms with Gasteiger partial charge in [0.2, 0.25) is 11.8 Å². The van der Waals surface area contributed by atoms with Gasteiger partial charge in [-0.1, -0.05) is 60.5 Å². The summed E-state index contributed by atoms with van der Waals surface area (Å²) >= 11 is 5.82. The maximum Gasteiger partial charge on any atom is 0.417 e. The smallest absolute Gasteiger partial charge is 0.352 e. The summed E-state index contributed by atoms with van der Waals surface area (Å²) < 4.78 is 69.9. The van der Waals surface area contributed by atoms with Gasteiger partial charge in [0.15, 0.2) is 0 Å². The van der Waals surface area contributed by atoms with E-state index in [4.69, 9.17) is 11.6 Å². The molecule has 12 heteroatoms. The van der Waals surface area contributed by atoms with Gasteiger partial charge in [0.1, 0.15) is 12.6 Å². The van der Waals surface area contributed by atoms with Gasteiger partial charge in [-0.15, -0.1) is 0 Å². The van der Waals surface area contributed by atoms with Crippen molar-refractivity contribution in [2.24, 2.45) is 0 Å². The third-order valence-electron chi connectivity index (χ3n) is 6.85. The first-order chi connectivity index (χ1) is 20.1. The topological polar surface area (TPSA) is 86.8 Å². The van der Waals surface area contributed by atoms with Crippen LogP contribution >= 0.6 is 11.6 Å². The molecule has 0 heterocycles. The molecule has 2 amide bonds. The number of hydrogen-bond acceptors (Lipinski definition) is 4. The minimum atomic E-state index is -4.88. The molecule has 232 valence electrons. The van der Waals surface area contributed by atoms with Crippen molar-refractivity contribution in [2.75, 3.05) is 10.8 Å². The van der Waals surface area contributed by atoms with E-state index < -0.39 is 56.9 Å². The monoisotopic (exact) mass is 637 g/mol. The van der Waals surface area contributed by atoms with E-state index in [1.165, 1.54) is 17.0 Å². The van der Waals surface area contributed by atoms with Crippen LogP contribution in [0.25, 0.3) is 0 Å². The number of halogens is 4. The Labute approximate surface area is 255 Å². The van der Waals surface area contributed by atoms with E-state index in [1.54, 1.807) is 52.0 Å². The summed E-state index contributed by atoms with van der Waals surface area (Å²) in [5, 5.41) is 2.18. The summed E-state index contributed by atoms with van der Waals surface area (Å²) in [5.74, 6) is -1.20. The van der Waals surface area contributed by atoms with Crippen molar-refractivity contribution in [1.29, 1.82) is 0 Å². The van der Waals surface area contributed by atoms with Crippen molar-refractivity contribution in [2.45, 2.75) is 70.7 Å². The highest BCUT2D eigenvalue weighted by molar-refractivity contribution is 7.92. The number of nitrogens with zero attached hydrogens (tertiary/aromatic N) is 2. The van der Waals surface area contributed by atoms with Crippen LogP contribution < -0.4 is 9.62 Å². The van der Waals surface area contributed by atoms with E-state index >= 15 is 0 Å². The van der Waals surface area contributed by atoms with E-state index in [9.17, 15) is 31.2 Å². The van der Waals surface area contributed by atoms with Gasteiger partial charge in [-0.2, -0.15) is 13.2 Å². The highest BCUT2D eigenvalue weighted by Crippen LogP contribution is 2.38. The van der Waals surface area contributed by atoms with Gasteiger partial charge in [-0.3, -0.25) is 13.9 Å². The largest absolute Gasteiger partial charge is 0.417 e. The normalized spacial score (nSPS) is 12.6. The van der Waals surface area contributed by atoms with Gasteiger partial charge >= 0.3 is 6.18 Å². The number of benzene rings is 3. The second-order valence-electron chi connectivity index (χ2n) is 10.5. The molecule has 0 aliphatic rings. The van der Waals surface area contributed by atoms with Gasteiger partial charge in [0, 0.05) is 12.6 Å². The maximum absolute atomic E-state index is 14.1. The van der Waals surface area contributed by atoms with Gasteiger partial charge in [0.05, 0.1) is 21.2 Å². The standard InChI is InChI=1S/C31H35ClF3N3O4S/c1-6-28(30(40)36-20(2)3)37(18-23-10-8-7-9-22(23)5)29(39)19-38(43(41,42)25-14-11-21(4)12-15-25)24-13-16-27(32)26(17-24)31(33,34)35/h7-17,20,28H,6,18-19H2,1-5H3,(H,36,40)/t28-/m1/s1. The number of amides is 2. The van der Waals surface area contributed by atoms with Crippen molar-refractivity contribution in [3.8, 4) is 0 Å². The zero-order valence-corrected chi connectivity index (χ0v) is 26.1. The van der Waals surface area contributed by atoms with E-state index in [0.717, 1.165) is 28.8 Å². The molecule has 0 aliphatic heterocycles. The quantitative estimate of drug-likeness (QED) is 0.260. The van der Waals surface area contributed by atoms with Crippen LogP contribution in [0.3, 0.4) is 0 Å². The molecule has 0 unspecified atom stereocenters. The van der Waals surface area contributed by atoms with Crippen molar-refractivity contribution < 1.29 is 31.2 Å². The lowest BCUT2D eigenvalue weighted by Crippen LogP contribution is -2.53. The number of nitrogens with one attached hydrogen (secondary N) is 1. The number of anilines is 1. The van der Waals surface area contributed by atoms with E-state index in [-0.39, 0.29) is 23.9 Å². The van der Waals surface area contributed by atoms with Crippen LogP contribution in [0, 0.1) is 13.8 Å². The van der Waals surface area contributed by atoms with Crippen LogP contribution in [-0.4, -0.2) is 43.8 Å². The molecule has 0 fully saturated rings. The first-order valence-corrected chi connectivity index (χ1v) is 15.5. The van der Waals surface area contributed by atoms with Gasteiger partial charge in [0.25, 0.3) is 10.0 Å². The summed E-state index contributed by atoms with van der Waals surface area (Å²) in [5.41, 5.74) is 0.684. The molecule has 3 aromatic carbocycles. The Hall–Kier alpha value is -3.57. The number of aryl methyl sites for hydroxylation is 2. The summed E-state index contributed by atoms with van der Waals surface area (Å²) in [7, 11) is -4.55. The van der Waals surface area contributed by atoms with Crippen molar-refractivity contribution in [3.05, 3.63) is 94.0 Å². The van der Waals surface area contributed by atoms with Crippen LogP contribution in [0.2, 0.25) is 5.02 Å². The number of carbonyl (C=O) groups excluding carboxylic acids is 2. The molecule has 0 saturated carbocycles. The molecule has 0 saturated heterocycles. The van der Waals surface area contributed by atoms with Crippen LogP contribution in [-0.2, 0) is 32.3 Å². The van der Waals surface area contributed by atoms with Crippen molar-refractivity contribution >= 4 is 39.1 Å². The highest BCUT2D eigenvalue weighted by Gasteiger charge is 2.37. The number of rotatable bonds is 11. The molecule has 0 bridgehead atoms. The van der Waals surface area contributed by atoms with Crippen LogP contribution in [0.15, 0.2) is 71.6 Å². The SMILES string of the molecule is CC[C@H](C(=O)NC(C)C)N(Cc1ccccc1C)C(=O)CN(c1ccc(Cl)c(C(F)(F)F)c1)S(=O)(=O)c1ccc(C)cc1. The second-order valence-corrected chi connectivity index (χ2v) is 12.8. The Balaban J connectivity index is 2.17. The Bertz CT molecular complexity index is 1560. The molecule has 7 nitrogen and oxygen atoms in total. The first kappa shape index (κ1) is 33.9. The van der Waals surface area contributed by atoms with Gasteiger partial charge in [-0.25, -0.2) is 8.42 Å². The third kappa shape index (κ3) is 8.29. The van der Waals surface area contributed by atoms with Gasteiger partial charge < -0.3 is 10.2 Å². The van der Waals surface area contributed by atoms with Crippen molar-refractivity contribution in [1.82, 2.24) is 10.2 Å². The Morgan fingerprint density at radius 2 is 1.60 bits per heavy atom. The third-order valence-corrected chi connectivity index (χ3v) is 8.97. The number of sulfonamides is 1. The number of carbonyl (C=O) groups is 2. The molecule has 1 atom stereocenters. The predicted molar refractivity (Wildman–Crippen MR) is 161 cm³/mol. The second kappa shape index (κ2) is 13.8. The fourth-order valence-corrected chi connectivity index (χ4v) is 6.15. The van der Waals surface area contributed by atoms with Crippen LogP contribution in [0.1, 0.15) is 49.4 Å². The Morgan fingerprint density at radius 1 is 0.977 bits per heavy atom. The maximum atomic E-state index is 14.1. The lowest BCUT2D eigenvalue weighted by Gasteiger charge is -2.34. The summed E-state index contributed by atoms with van der Waals surface area (Å²) in [6.07, 6.45) is -4.67. The van der Waals surface area contributed by atoms with Crippen LogP contribution in [0.4, 0.5) is 18.9 Å². The fraction of sp³-hybridized carbons (Fsp3) is 0.355. The average molecular weight is 638 g/mol. The molecule has 1 N–H and O–H groups in total. The molecular formula is C31H35ClF3N3O4S. The molecule has 43 heavy (non-hydrogen) atoms. The zero-order chi connectivity index (χ0) is 32.1.